The molecule has 0 amide bonds. The van der Waals surface area contributed by atoms with E-state index in [1.165, 1.54) is 14.2 Å². The summed E-state index contributed by atoms with van der Waals surface area (Å²) < 4.78 is 42.1. The Kier molecular flexibility index (Phi) is 11.9. The van der Waals surface area contributed by atoms with Gasteiger partial charge in [-0.05, 0) is 35.7 Å². The molecule has 0 aromatic heterocycles. The van der Waals surface area contributed by atoms with Crippen molar-refractivity contribution in [3.8, 4) is 0 Å². The second kappa shape index (κ2) is 14.2. The Morgan fingerprint density at radius 1 is 0.816 bits per heavy atom. The quantitative estimate of drug-likeness (QED) is 0.149. The van der Waals surface area contributed by atoms with Gasteiger partial charge in [-0.15, -0.1) is 0 Å². The van der Waals surface area contributed by atoms with Crippen LogP contribution in [0.15, 0.2) is 60.7 Å². The van der Waals surface area contributed by atoms with E-state index in [0.717, 1.165) is 11.1 Å². The van der Waals surface area contributed by atoms with Gasteiger partial charge in [0.1, 0.15) is 6.10 Å². The molecule has 10 heteroatoms. The predicted octanol–water partition coefficient (Wildman–Crippen LogP) is 6.36. The lowest BCUT2D eigenvalue weighted by Gasteiger charge is -2.39. The first kappa shape index (κ1) is 31.9. The summed E-state index contributed by atoms with van der Waals surface area (Å²) in [6.07, 6.45) is -1.41. The van der Waals surface area contributed by atoms with Crippen LogP contribution in [-0.4, -0.2) is 46.7 Å². The maximum absolute atomic E-state index is 14.1. The van der Waals surface area contributed by atoms with E-state index in [9.17, 15) is 14.2 Å². The third-order valence-corrected chi connectivity index (χ3v) is 13.1. The molecule has 2 aromatic carbocycles. The second-order valence-corrected chi connectivity index (χ2v) is 17.5. The van der Waals surface area contributed by atoms with Gasteiger partial charge in [-0.1, -0.05) is 81.4 Å². The Labute approximate surface area is 227 Å². The third kappa shape index (κ3) is 9.78. The fourth-order valence-corrected chi connectivity index (χ4v) is 6.51. The van der Waals surface area contributed by atoms with Crippen molar-refractivity contribution in [2.75, 3.05) is 20.4 Å². The van der Waals surface area contributed by atoms with Crippen LogP contribution in [-0.2, 0) is 50.3 Å². The standard InChI is InChI=1S/C28H41O8PSi/c1-28(2,3)38(6,7)36-25(27(30)33-5)18-24(26(29)32-4)21-37(31,34-19-22-14-10-8-11-15-22)35-20-23-16-12-9-13-17-23/h8-17,24-25H,18-21H2,1-7H3/t24?,25-/m1/s1. The number of benzene rings is 2. The molecule has 0 aliphatic rings. The first-order chi connectivity index (χ1) is 17.8. The minimum Gasteiger partial charge on any atom is -0.469 e. The van der Waals surface area contributed by atoms with Crippen molar-refractivity contribution in [1.29, 1.82) is 0 Å². The lowest BCUT2D eigenvalue weighted by atomic mass is 10.0. The third-order valence-electron chi connectivity index (χ3n) is 6.73. The molecule has 0 radical (unpaired) electrons. The summed E-state index contributed by atoms with van der Waals surface area (Å²) >= 11 is 0. The fourth-order valence-electron chi connectivity index (χ4n) is 3.43. The Balaban J connectivity index is 2.33. The molecule has 210 valence electrons. The first-order valence-corrected chi connectivity index (χ1v) is 17.2. The smallest absolute Gasteiger partial charge is 0.333 e. The molecule has 8 nitrogen and oxygen atoms in total. The van der Waals surface area contributed by atoms with E-state index >= 15 is 0 Å². The Bertz CT molecular complexity index is 1020. The molecule has 0 fully saturated rings. The van der Waals surface area contributed by atoms with Gasteiger partial charge in [0.25, 0.3) is 0 Å². The maximum Gasteiger partial charge on any atom is 0.333 e. The van der Waals surface area contributed by atoms with E-state index in [1.807, 2.05) is 94.5 Å². The molecule has 0 aliphatic heterocycles. The largest absolute Gasteiger partial charge is 0.469 e. The molecule has 2 atom stereocenters. The highest BCUT2D eigenvalue weighted by molar-refractivity contribution is 7.53. The van der Waals surface area contributed by atoms with Crippen LogP contribution in [0.5, 0.6) is 0 Å². The summed E-state index contributed by atoms with van der Waals surface area (Å²) in [5, 5.41) is -0.188. The highest BCUT2D eigenvalue weighted by Gasteiger charge is 2.43. The summed E-state index contributed by atoms with van der Waals surface area (Å²) in [5.74, 6) is -2.23. The molecular formula is C28H41O8PSi. The van der Waals surface area contributed by atoms with Crippen molar-refractivity contribution in [2.45, 2.75) is 64.6 Å². The van der Waals surface area contributed by atoms with Crippen molar-refractivity contribution < 1.29 is 37.1 Å². The van der Waals surface area contributed by atoms with Crippen molar-refractivity contribution in [2.24, 2.45) is 5.92 Å². The second-order valence-electron chi connectivity index (χ2n) is 10.7. The minimum absolute atomic E-state index is 0.0295. The zero-order chi connectivity index (χ0) is 28.4. The molecule has 0 bridgehead atoms. The van der Waals surface area contributed by atoms with Crippen molar-refractivity contribution >= 4 is 27.9 Å². The number of esters is 2. The average molecular weight is 565 g/mol. The lowest BCUT2D eigenvalue weighted by Crippen LogP contribution is -2.47. The number of methoxy groups -OCH3 is 2. The number of carbonyl (C=O) groups is 2. The molecule has 1 unspecified atom stereocenters. The highest BCUT2D eigenvalue weighted by atomic mass is 31.2. The van der Waals surface area contributed by atoms with Crippen LogP contribution in [0.1, 0.15) is 38.3 Å². The number of ether oxygens (including phenoxy) is 2. The van der Waals surface area contributed by atoms with E-state index in [4.69, 9.17) is 22.9 Å². The van der Waals surface area contributed by atoms with E-state index in [-0.39, 0.29) is 30.8 Å². The fraction of sp³-hybridized carbons (Fsp3) is 0.500. The lowest BCUT2D eigenvalue weighted by molar-refractivity contribution is -0.152. The van der Waals surface area contributed by atoms with E-state index in [1.54, 1.807) is 0 Å². The van der Waals surface area contributed by atoms with Crippen molar-refractivity contribution in [3.63, 3.8) is 0 Å². The van der Waals surface area contributed by atoms with Gasteiger partial charge in [-0.3, -0.25) is 9.36 Å². The van der Waals surface area contributed by atoms with E-state index in [2.05, 4.69) is 0 Å². The minimum atomic E-state index is -3.85. The Morgan fingerprint density at radius 3 is 1.66 bits per heavy atom. The van der Waals surface area contributed by atoms with Gasteiger partial charge in [0.15, 0.2) is 8.32 Å². The van der Waals surface area contributed by atoms with Crippen molar-refractivity contribution in [1.82, 2.24) is 0 Å². The molecule has 0 N–H and O–H groups in total. The molecule has 0 saturated carbocycles. The van der Waals surface area contributed by atoms with Gasteiger partial charge in [-0.2, -0.15) is 0 Å². The van der Waals surface area contributed by atoms with Crippen LogP contribution in [0.4, 0.5) is 0 Å². The molecule has 0 saturated heterocycles. The zero-order valence-corrected chi connectivity index (χ0v) is 25.4. The molecule has 38 heavy (non-hydrogen) atoms. The number of carbonyl (C=O) groups excluding carboxylic acids is 2. The SMILES string of the molecule is COC(=O)C(C[C@@H](O[Si](C)(C)C(C)(C)C)C(=O)OC)CP(=O)(OCc1ccccc1)OCc1ccccc1. The average Bonchev–Trinajstić information content (AvgIpc) is 2.89. The van der Waals surface area contributed by atoms with Gasteiger partial charge in [-0.25, -0.2) is 4.79 Å². The summed E-state index contributed by atoms with van der Waals surface area (Å²) in [7, 11) is -3.75. The van der Waals surface area contributed by atoms with Crippen LogP contribution in [0, 0.1) is 5.92 Å². The summed E-state index contributed by atoms with van der Waals surface area (Å²) in [4.78, 5) is 25.6. The van der Waals surface area contributed by atoms with Gasteiger partial charge >= 0.3 is 19.5 Å². The molecule has 0 heterocycles. The number of rotatable bonds is 14. The van der Waals surface area contributed by atoms with Gasteiger partial charge in [0, 0.05) is 0 Å². The summed E-state index contributed by atoms with van der Waals surface area (Å²) in [6, 6.07) is 18.5. The number of hydrogen-bond donors (Lipinski definition) is 0. The van der Waals surface area contributed by atoms with Crippen molar-refractivity contribution in [3.05, 3.63) is 71.8 Å². The summed E-state index contributed by atoms with van der Waals surface area (Å²) in [5.41, 5.74) is 1.61. The Hall–Kier alpha value is -2.29. The summed E-state index contributed by atoms with van der Waals surface area (Å²) in [6.45, 7) is 10.2. The first-order valence-electron chi connectivity index (χ1n) is 12.6. The van der Waals surface area contributed by atoms with E-state index < -0.39 is 39.9 Å². The molecule has 0 spiro atoms. The maximum atomic E-state index is 14.1. The molecule has 2 aromatic rings. The molecular weight excluding hydrogens is 523 g/mol. The van der Waals surface area contributed by atoms with Crippen LogP contribution in [0.2, 0.25) is 18.1 Å². The Morgan fingerprint density at radius 2 is 1.26 bits per heavy atom. The van der Waals surface area contributed by atoms with Crippen LogP contribution >= 0.6 is 7.60 Å². The topological polar surface area (TPSA) is 97.4 Å². The van der Waals surface area contributed by atoms with Crippen LogP contribution < -0.4 is 0 Å². The van der Waals surface area contributed by atoms with Gasteiger partial charge in [0.2, 0.25) is 0 Å². The number of hydrogen-bond acceptors (Lipinski definition) is 8. The van der Waals surface area contributed by atoms with E-state index in [0.29, 0.717) is 0 Å². The van der Waals surface area contributed by atoms with Gasteiger partial charge < -0.3 is 22.9 Å². The molecule has 0 aliphatic carbocycles. The monoisotopic (exact) mass is 564 g/mol. The van der Waals surface area contributed by atoms with Crippen LogP contribution in [0.25, 0.3) is 0 Å². The van der Waals surface area contributed by atoms with Crippen LogP contribution in [0.3, 0.4) is 0 Å². The molecule has 2 rings (SSSR count). The predicted molar refractivity (Wildman–Crippen MR) is 149 cm³/mol. The highest BCUT2D eigenvalue weighted by Crippen LogP contribution is 2.52. The normalized spacial score (nSPS) is 14.0. The zero-order valence-electron chi connectivity index (χ0n) is 23.5. The van der Waals surface area contributed by atoms with Gasteiger partial charge in [0.05, 0.1) is 39.5 Å².